The van der Waals surface area contributed by atoms with Gasteiger partial charge in [-0.05, 0) is 73.1 Å². The van der Waals surface area contributed by atoms with E-state index in [1.54, 1.807) is 6.20 Å². The number of hydrogen-bond acceptors (Lipinski definition) is 4. The number of benzene rings is 1. The third kappa shape index (κ3) is 5.02. The van der Waals surface area contributed by atoms with Crippen molar-refractivity contribution in [3.05, 3.63) is 66.0 Å². The van der Waals surface area contributed by atoms with Gasteiger partial charge in [0.25, 0.3) is 5.91 Å². The lowest BCUT2D eigenvalue weighted by atomic mass is 9.51. The van der Waals surface area contributed by atoms with Gasteiger partial charge in [-0.25, -0.2) is 0 Å². The summed E-state index contributed by atoms with van der Waals surface area (Å²) in [4.78, 5) is 30.0. The molecule has 6 heteroatoms. The molecule has 1 aromatic heterocycles. The lowest BCUT2D eigenvalue weighted by molar-refractivity contribution is -0.142. The first-order chi connectivity index (χ1) is 16.3. The molecule has 0 unspecified atom stereocenters. The lowest BCUT2D eigenvalue weighted by Crippen LogP contribution is -2.58. The zero-order valence-electron chi connectivity index (χ0n) is 20.4. The summed E-state index contributed by atoms with van der Waals surface area (Å²) >= 11 is 0. The maximum atomic E-state index is 12.9. The molecule has 4 rings (SSSR count). The Labute approximate surface area is 202 Å². The first-order valence-corrected chi connectivity index (χ1v) is 12.5. The number of aliphatic hydroxyl groups is 1. The number of carbonyl (C=O) groups is 2. The highest BCUT2D eigenvalue weighted by Crippen LogP contribution is 2.55. The Morgan fingerprint density at radius 2 is 1.82 bits per heavy atom. The monoisotopic (exact) mass is 463 g/mol. The summed E-state index contributed by atoms with van der Waals surface area (Å²) in [5.74, 6) is -0.358. The predicted octanol–water partition coefficient (Wildman–Crippen LogP) is 3.96. The summed E-state index contributed by atoms with van der Waals surface area (Å²) in [6.07, 6.45) is 4.83. The molecule has 34 heavy (non-hydrogen) atoms. The van der Waals surface area contributed by atoms with E-state index in [0.717, 1.165) is 31.4 Å². The number of fused-ring (bicyclic) bond motifs is 1. The number of nitrogens with one attached hydrogen (secondary N) is 2. The van der Waals surface area contributed by atoms with E-state index < -0.39 is 6.10 Å². The van der Waals surface area contributed by atoms with E-state index in [1.165, 1.54) is 0 Å². The normalized spacial score (nSPS) is 31.7. The number of amides is 2. The summed E-state index contributed by atoms with van der Waals surface area (Å²) in [6, 6.07) is 14.9. The molecule has 2 aliphatic rings. The zero-order chi connectivity index (χ0) is 24.3. The molecule has 2 aliphatic carbocycles. The van der Waals surface area contributed by atoms with Crippen LogP contribution in [-0.2, 0) is 11.3 Å². The van der Waals surface area contributed by atoms with Gasteiger partial charge >= 0.3 is 0 Å². The van der Waals surface area contributed by atoms with E-state index in [1.807, 2.05) is 55.5 Å². The quantitative estimate of drug-likeness (QED) is 0.605. The number of carbonyl (C=O) groups excluding carboxylic acids is 2. The fraction of sp³-hybridized carbons (Fsp3) is 0.536. The van der Waals surface area contributed by atoms with E-state index in [2.05, 4.69) is 29.5 Å². The van der Waals surface area contributed by atoms with Crippen LogP contribution in [0.15, 0.2) is 54.7 Å². The minimum atomic E-state index is -0.583. The van der Waals surface area contributed by atoms with Gasteiger partial charge in [-0.3, -0.25) is 14.6 Å². The molecule has 0 bridgehead atoms. The molecule has 0 aliphatic heterocycles. The van der Waals surface area contributed by atoms with Crippen LogP contribution in [0.2, 0.25) is 0 Å². The van der Waals surface area contributed by atoms with Gasteiger partial charge in [0, 0.05) is 23.7 Å². The molecule has 0 spiro atoms. The molecule has 7 atom stereocenters. The van der Waals surface area contributed by atoms with Crippen LogP contribution < -0.4 is 10.6 Å². The Balaban J connectivity index is 1.42. The first kappa shape index (κ1) is 24.4. The van der Waals surface area contributed by atoms with Crippen LogP contribution in [0.4, 0.5) is 0 Å². The predicted molar refractivity (Wildman–Crippen MR) is 132 cm³/mol. The Morgan fingerprint density at radius 3 is 2.53 bits per heavy atom. The number of aromatic nitrogens is 1. The highest BCUT2D eigenvalue weighted by molar-refractivity contribution is 5.94. The van der Waals surface area contributed by atoms with Crippen LogP contribution in [-0.4, -0.2) is 34.1 Å². The second-order valence-corrected chi connectivity index (χ2v) is 10.5. The number of aliphatic hydroxyl groups excluding tert-OH is 1. The fourth-order valence-electron chi connectivity index (χ4n) is 6.37. The molecule has 182 valence electrons. The molecule has 1 aromatic carbocycles. The highest BCUT2D eigenvalue weighted by Gasteiger charge is 2.53. The minimum Gasteiger partial charge on any atom is -0.392 e. The van der Waals surface area contributed by atoms with Gasteiger partial charge in [-0.2, -0.15) is 0 Å². The smallest absolute Gasteiger partial charge is 0.251 e. The number of hydrogen-bond donors (Lipinski definition) is 3. The Morgan fingerprint density at radius 1 is 1.12 bits per heavy atom. The summed E-state index contributed by atoms with van der Waals surface area (Å²) < 4.78 is 0. The second kappa shape index (κ2) is 10.3. The van der Waals surface area contributed by atoms with E-state index >= 15 is 0 Å². The van der Waals surface area contributed by atoms with Gasteiger partial charge in [0.2, 0.25) is 5.91 Å². The second-order valence-electron chi connectivity index (χ2n) is 10.5. The number of pyridine rings is 1. The standard InChI is InChI=1S/C28H37N3O3/c1-18(26(33)30-17-21-11-7-8-16-29-21)22-12-14-28(3)15-13-23(19(2)24(28)25(22)32)31-27(34)20-9-5-4-6-10-20/h4-11,16,18-19,22-25,32H,12-15,17H2,1-3H3,(H,30,33)(H,31,34)/t18-,19-,22+,23-,24+,25-,28+/m0/s1. The summed E-state index contributed by atoms with van der Waals surface area (Å²) in [5.41, 5.74) is 1.49. The van der Waals surface area contributed by atoms with Crippen molar-refractivity contribution >= 4 is 11.8 Å². The highest BCUT2D eigenvalue weighted by atomic mass is 16.3. The van der Waals surface area contributed by atoms with E-state index in [4.69, 9.17) is 0 Å². The molecule has 3 N–H and O–H groups in total. The minimum absolute atomic E-state index is 0.00692. The molecule has 2 fully saturated rings. The van der Waals surface area contributed by atoms with Gasteiger partial charge in [0.15, 0.2) is 0 Å². The van der Waals surface area contributed by atoms with Crippen LogP contribution in [0.25, 0.3) is 0 Å². The van der Waals surface area contributed by atoms with Crippen LogP contribution in [0.5, 0.6) is 0 Å². The van der Waals surface area contributed by atoms with Gasteiger partial charge in [0.1, 0.15) is 0 Å². The molecular weight excluding hydrogens is 426 g/mol. The molecule has 0 radical (unpaired) electrons. The van der Waals surface area contributed by atoms with Crippen molar-refractivity contribution in [3.63, 3.8) is 0 Å². The average Bonchev–Trinajstić information content (AvgIpc) is 2.85. The summed E-state index contributed by atoms with van der Waals surface area (Å²) in [6.45, 7) is 6.73. The maximum absolute atomic E-state index is 12.9. The molecule has 1 heterocycles. The SMILES string of the molecule is C[C@@H]1[C@@H]2[C@@H](O)[C@@H]([C@H](C)C(=O)NCc3ccccn3)CC[C@]2(C)CC[C@@H]1NC(=O)c1ccccc1. The molecule has 2 aromatic rings. The number of nitrogens with zero attached hydrogens (tertiary/aromatic N) is 1. The van der Waals surface area contributed by atoms with E-state index in [9.17, 15) is 14.7 Å². The van der Waals surface area contributed by atoms with Crippen LogP contribution in [0.3, 0.4) is 0 Å². The van der Waals surface area contributed by atoms with Crippen molar-refractivity contribution in [2.75, 3.05) is 0 Å². The van der Waals surface area contributed by atoms with Crippen LogP contribution >= 0.6 is 0 Å². The van der Waals surface area contributed by atoms with Crippen molar-refractivity contribution in [2.45, 2.75) is 65.1 Å². The third-order valence-corrected chi connectivity index (χ3v) is 8.47. The van der Waals surface area contributed by atoms with Crippen molar-refractivity contribution < 1.29 is 14.7 Å². The molecule has 2 amide bonds. The summed E-state index contributed by atoms with van der Waals surface area (Å²) in [5, 5.41) is 17.8. The molecule has 2 saturated carbocycles. The first-order valence-electron chi connectivity index (χ1n) is 12.5. The molecular formula is C28H37N3O3. The van der Waals surface area contributed by atoms with Gasteiger partial charge in [-0.1, -0.05) is 45.0 Å². The van der Waals surface area contributed by atoms with Crippen molar-refractivity contribution in [2.24, 2.45) is 29.1 Å². The Kier molecular flexibility index (Phi) is 7.36. The van der Waals surface area contributed by atoms with Gasteiger partial charge in [0.05, 0.1) is 18.3 Å². The zero-order valence-corrected chi connectivity index (χ0v) is 20.4. The fourth-order valence-corrected chi connectivity index (χ4v) is 6.37. The van der Waals surface area contributed by atoms with Crippen LogP contribution in [0.1, 0.15) is 62.5 Å². The largest absolute Gasteiger partial charge is 0.392 e. The Bertz CT molecular complexity index is 983. The third-order valence-electron chi connectivity index (χ3n) is 8.47. The van der Waals surface area contributed by atoms with Gasteiger partial charge in [-0.15, -0.1) is 0 Å². The molecule has 0 saturated heterocycles. The summed E-state index contributed by atoms with van der Waals surface area (Å²) in [7, 11) is 0. The van der Waals surface area contributed by atoms with E-state index in [-0.39, 0.29) is 46.9 Å². The topological polar surface area (TPSA) is 91.3 Å². The Hall–Kier alpha value is -2.73. The lowest BCUT2D eigenvalue weighted by Gasteiger charge is -2.56. The van der Waals surface area contributed by atoms with Gasteiger partial charge < -0.3 is 15.7 Å². The average molecular weight is 464 g/mol. The molecule has 6 nitrogen and oxygen atoms in total. The van der Waals surface area contributed by atoms with Crippen molar-refractivity contribution in [1.82, 2.24) is 15.6 Å². The van der Waals surface area contributed by atoms with Crippen molar-refractivity contribution in [1.29, 1.82) is 0 Å². The number of rotatable bonds is 6. The maximum Gasteiger partial charge on any atom is 0.251 e. The van der Waals surface area contributed by atoms with Crippen molar-refractivity contribution in [3.8, 4) is 0 Å². The van der Waals surface area contributed by atoms with E-state index in [0.29, 0.717) is 12.1 Å². The van der Waals surface area contributed by atoms with Crippen LogP contribution in [0, 0.1) is 29.1 Å².